The summed E-state index contributed by atoms with van der Waals surface area (Å²) in [6.45, 7) is 1.27. The zero-order valence-corrected chi connectivity index (χ0v) is 19.6. The Balaban J connectivity index is 1.67. The number of fused-ring (bicyclic) bond motifs is 2. The van der Waals surface area contributed by atoms with Crippen LogP contribution in [0.5, 0.6) is 6.01 Å². The summed E-state index contributed by atoms with van der Waals surface area (Å²) in [5, 5.41) is 3.38. The zero-order chi connectivity index (χ0) is 24.5. The van der Waals surface area contributed by atoms with E-state index in [1.54, 1.807) is 22.8 Å². The van der Waals surface area contributed by atoms with Crippen molar-refractivity contribution in [1.29, 1.82) is 0 Å². The van der Waals surface area contributed by atoms with Crippen LogP contribution in [0.2, 0.25) is 0 Å². The molecule has 2 aromatic heterocycles. The van der Waals surface area contributed by atoms with Crippen LogP contribution in [0.15, 0.2) is 42.5 Å². The number of aromatic nitrogens is 4. The first-order valence-electron chi connectivity index (χ1n) is 11.4. The van der Waals surface area contributed by atoms with E-state index < -0.39 is 5.91 Å². The molecule has 3 heterocycles. The number of nitrogens with zero attached hydrogens (tertiary/aromatic N) is 5. The molecule has 5 rings (SSSR count). The summed E-state index contributed by atoms with van der Waals surface area (Å²) < 4.78 is 21.0. The van der Waals surface area contributed by atoms with E-state index in [1.807, 2.05) is 19.2 Å². The van der Waals surface area contributed by atoms with Crippen LogP contribution in [0.25, 0.3) is 17.0 Å². The Morgan fingerprint density at radius 2 is 2.00 bits per heavy atom. The van der Waals surface area contributed by atoms with Crippen LogP contribution in [0.3, 0.4) is 0 Å². The summed E-state index contributed by atoms with van der Waals surface area (Å²) >= 11 is 0. The van der Waals surface area contributed by atoms with Gasteiger partial charge in [-0.25, -0.2) is 13.9 Å². The number of para-hydroxylation sites is 1. The average Bonchev–Trinajstić information content (AvgIpc) is 3.13. The van der Waals surface area contributed by atoms with Gasteiger partial charge in [-0.05, 0) is 49.1 Å². The molecule has 0 saturated carbocycles. The van der Waals surface area contributed by atoms with Crippen LogP contribution >= 0.6 is 0 Å². The molecule has 9 nitrogen and oxygen atoms in total. The van der Waals surface area contributed by atoms with E-state index in [0.717, 1.165) is 42.8 Å². The van der Waals surface area contributed by atoms with E-state index in [9.17, 15) is 9.18 Å². The van der Waals surface area contributed by atoms with Crippen LogP contribution in [0.4, 0.5) is 15.9 Å². The van der Waals surface area contributed by atoms with Gasteiger partial charge in [-0.3, -0.25) is 4.79 Å². The van der Waals surface area contributed by atoms with E-state index in [0.29, 0.717) is 34.9 Å². The lowest BCUT2D eigenvalue weighted by molar-refractivity contribution is 0.100. The van der Waals surface area contributed by atoms with Crippen LogP contribution < -0.4 is 20.7 Å². The third-order valence-electron chi connectivity index (χ3n) is 6.13. The largest absolute Gasteiger partial charge is 0.468 e. The number of amides is 1. The van der Waals surface area contributed by atoms with E-state index in [4.69, 9.17) is 20.4 Å². The van der Waals surface area contributed by atoms with Gasteiger partial charge in [-0.2, -0.15) is 9.97 Å². The molecule has 180 valence electrons. The van der Waals surface area contributed by atoms with Crippen LogP contribution in [-0.2, 0) is 13.0 Å². The summed E-state index contributed by atoms with van der Waals surface area (Å²) in [4.78, 5) is 28.4. The molecule has 10 heteroatoms. The number of carbonyl (C=O) groups is 1. The van der Waals surface area contributed by atoms with Gasteiger partial charge in [0, 0.05) is 20.1 Å². The quantitative estimate of drug-likeness (QED) is 0.439. The first-order chi connectivity index (χ1) is 17.0. The second-order valence-corrected chi connectivity index (χ2v) is 8.50. The molecule has 35 heavy (non-hydrogen) atoms. The fraction of sp³-hybridized carbons (Fsp3) is 0.280. The maximum absolute atomic E-state index is 13.7. The Kier molecular flexibility index (Phi) is 5.94. The molecule has 0 aliphatic carbocycles. The lowest BCUT2D eigenvalue weighted by atomic mass is 10.1. The standard InChI is InChI=1S/C25H26FN7O2/c1-32-12-4-3-10-18-21(32)23(28-14-15-7-5-8-16(26)13-15)31-24(29-18)33-19-11-6-9-17(22(27)34)20(19)30-25(33)35-2/h5-9,11,13H,3-4,10,12,14H2,1-2H3,(H2,27,34)(H,28,29,31). The molecule has 0 spiro atoms. The molecular formula is C25H26FN7O2. The van der Waals surface area contributed by atoms with Gasteiger partial charge in [0.2, 0.25) is 5.95 Å². The number of ether oxygens (including phenoxy) is 1. The molecular weight excluding hydrogens is 449 g/mol. The van der Waals surface area contributed by atoms with Gasteiger partial charge in [-0.15, -0.1) is 0 Å². The number of benzene rings is 2. The third-order valence-corrected chi connectivity index (χ3v) is 6.13. The van der Waals surface area contributed by atoms with E-state index in [2.05, 4.69) is 15.2 Å². The maximum atomic E-state index is 13.7. The number of anilines is 2. The molecule has 2 aromatic carbocycles. The molecule has 1 aliphatic rings. The highest BCUT2D eigenvalue weighted by atomic mass is 19.1. The van der Waals surface area contributed by atoms with Crippen molar-refractivity contribution in [3.63, 3.8) is 0 Å². The van der Waals surface area contributed by atoms with Gasteiger partial charge >= 0.3 is 6.01 Å². The normalized spacial score (nSPS) is 13.4. The van der Waals surface area contributed by atoms with E-state index in [1.165, 1.54) is 19.2 Å². The second-order valence-electron chi connectivity index (χ2n) is 8.50. The van der Waals surface area contributed by atoms with Crippen molar-refractivity contribution in [2.45, 2.75) is 25.8 Å². The summed E-state index contributed by atoms with van der Waals surface area (Å²) in [6.07, 6.45) is 2.81. The van der Waals surface area contributed by atoms with Crippen LogP contribution in [-0.4, -0.2) is 46.1 Å². The lowest BCUT2D eigenvalue weighted by Crippen LogP contribution is -2.22. The smallest absolute Gasteiger partial charge is 0.304 e. The number of imidazole rings is 1. The predicted molar refractivity (Wildman–Crippen MR) is 132 cm³/mol. The fourth-order valence-electron chi connectivity index (χ4n) is 4.48. The Labute approximate surface area is 201 Å². The Hall–Kier alpha value is -4.21. The van der Waals surface area contributed by atoms with Crippen LogP contribution in [0, 0.1) is 5.82 Å². The molecule has 0 saturated heterocycles. The summed E-state index contributed by atoms with van der Waals surface area (Å²) in [7, 11) is 3.52. The predicted octanol–water partition coefficient (Wildman–Crippen LogP) is 3.45. The van der Waals surface area contributed by atoms with Crippen molar-refractivity contribution in [2.75, 3.05) is 30.9 Å². The van der Waals surface area contributed by atoms with Gasteiger partial charge in [0.25, 0.3) is 5.91 Å². The number of aryl methyl sites for hydroxylation is 1. The number of halogens is 1. The molecule has 0 unspecified atom stereocenters. The molecule has 0 radical (unpaired) electrons. The van der Waals surface area contributed by atoms with Gasteiger partial charge in [0.1, 0.15) is 17.0 Å². The minimum absolute atomic E-state index is 0.242. The van der Waals surface area contributed by atoms with Crippen molar-refractivity contribution in [1.82, 2.24) is 19.5 Å². The number of hydrogen-bond donors (Lipinski definition) is 2. The summed E-state index contributed by atoms with van der Waals surface area (Å²) in [6, 6.07) is 11.9. The third kappa shape index (κ3) is 4.23. The Morgan fingerprint density at radius 1 is 1.17 bits per heavy atom. The molecule has 3 N–H and O–H groups in total. The number of carbonyl (C=O) groups excluding carboxylic acids is 1. The lowest BCUT2D eigenvalue weighted by Gasteiger charge is -2.23. The summed E-state index contributed by atoms with van der Waals surface area (Å²) in [5.74, 6) is 0.128. The molecule has 0 atom stereocenters. The van der Waals surface area contributed by atoms with Gasteiger partial charge < -0.3 is 20.7 Å². The zero-order valence-electron chi connectivity index (χ0n) is 19.6. The number of primary amides is 1. The molecule has 4 aromatic rings. The van der Waals surface area contributed by atoms with Crippen molar-refractivity contribution in [2.24, 2.45) is 5.73 Å². The first kappa shape index (κ1) is 22.6. The second kappa shape index (κ2) is 9.21. The Bertz CT molecular complexity index is 1420. The highest BCUT2D eigenvalue weighted by Crippen LogP contribution is 2.34. The SMILES string of the molecule is COc1nc2c(C(N)=O)cccc2n1-c1nc2c(c(NCc3cccc(F)c3)n1)N(C)CCCC2. The van der Waals surface area contributed by atoms with Gasteiger partial charge in [-0.1, -0.05) is 18.2 Å². The van der Waals surface area contributed by atoms with Gasteiger partial charge in [0.05, 0.1) is 23.9 Å². The fourth-order valence-corrected chi connectivity index (χ4v) is 4.48. The first-order valence-corrected chi connectivity index (χ1v) is 11.4. The molecule has 0 fully saturated rings. The monoisotopic (exact) mass is 475 g/mol. The number of nitrogens with one attached hydrogen (secondary N) is 1. The topological polar surface area (TPSA) is 111 Å². The highest BCUT2D eigenvalue weighted by Gasteiger charge is 2.25. The van der Waals surface area contributed by atoms with E-state index >= 15 is 0 Å². The number of hydrogen-bond acceptors (Lipinski definition) is 7. The Morgan fingerprint density at radius 3 is 2.77 bits per heavy atom. The minimum atomic E-state index is -0.579. The maximum Gasteiger partial charge on any atom is 0.304 e. The van der Waals surface area contributed by atoms with Crippen molar-refractivity contribution in [3.8, 4) is 12.0 Å². The number of methoxy groups -OCH3 is 1. The van der Waals surface area contributed by atoms with E-state index in [-0.39, 0.29) is 11.8 Å². The number of nitrogens with two attached hydrogens (primary N) is 1. The number of rotatable bonds is 6. The molecule has 0 bridgehead atoms. The van der Waals surface area contributed by atoms with Crippen molar-refractivity contribution >= 4 is 28.4 Å². The summed E-state index contributed by atoms with van der Waals surface area (Å²) in [5.41, 5.74) is 9.50. The van der Waals surface area contributed by atoms with Crippen LogP contribution in [0.1, 0.15) is 34.5 Å². The average molecular weight is 476 g/mol. The van der Waals surface area contributed by atoms with Crippen molar-refractivity contribution < 1.29 is 13.9 Å². The highest BCUT2D eigenvalue weighted by molar-refractivity contribution is 6.04. The molecule has 1 aliphatic heterocycles. The van der Waals surface area contributed by atoms with Gasteiger partial charge in [0.15, 0.2) is 5.82 Å². The molecule has 1 amide bonds. The van der Waals surface area contributed by atoms with Crippen molar-refractivity contribution in [3.05, 3.63) is 65.1 Å². The minimum Gasteiger partial charge on any atom is -0.468 e.